The van der Waals surface area contributed by atoms with Crippen molar-refractivity contribution in [2.45, 2.75) is 58.2 Å². The van der Waals surface area contributed by atoms with Crippen LogP contribution in [-0.4, -0.2) is 133 Å². The van der Waals surface area contributed by atoms with Gasteiger partial charge in [-0.15, -0.1) is 0 Å². The maximum atomic E-state index is 13.8. The number of amides is 2. The fourth-order valence-corrected chi connectivity index (χ4v) is 13.5. The average molecular weight is 947 g/mol. The van der Waals surface area contributed by atoms with Crippen LogP contribution in [0.15, 0.2) is 34.3 Å². The van der Waals surface area contributed by atoms with Crippen LogP contribution in [0.2, 0.25) is 0 Å². The van der Waals surface area contributed by atoms with Crippen molar-refractivity contribution in [3.63, 3.8) is 0 Å². The molecule has 4 aliphatic rings. The molecule has 56 heavy (non-hydrogen) atoms. The molecule has 4 heterocycles. The van der Waals surface area contributed by atoms with Gasteiger partial charge in [-0.2, -0.15) is 0 Å². The lowest BCUT2D eigenvalue weighted by Crippen LogP contribution is -2.35. The monoisotopic (exact) mass is 944 g/mol. The zero-order chi connectivity index (χ0) is 40.3. The molecule has 0 radical (unpaired) electrons. The number of carbonyl (C=O) groups is 2. The Morgan fingerprint density at radius 2 is 1.21 bits per heavy atom. The van der Waals surface area contributed by atoms with E-state index in [0.717, 1.165) is 36.3 Å². The minimum Gasteiger partial charge on any atom is -0.493 e. The molecule has 3 atom stereocenters. The molecule has 0 saturated carbocycles. The van der Waals surface area contributed by atoms with Crippen LogP contribution in [-0.2, 0) is 24.8 Å². The summed E-state index contributed by atoms with van der Waals surface area (Å²) in [6.45, 7) is 5.64. The topological polar surface area (TPSA) is 166 Å². The van der Waals surface area contributed by atoms with Gasteiger partial charge in [-0.1, -0.05) is 31.9 Å². The molecule has 0 bridgehead atoms. The zero-order valence-corrected chi connectivity index (χ0v) is 37.2. The number of rotatable bonds is 18. The molecule has 2 amide bonds. The number of fused-ring (bicyclic) bond motifs is 4. The van der Waals surface area contributed by atoms with Crippen LogP contribution in [0.3, 0.4) is 0 Å². The molecule has 2 aromatic carbocycles. The number of aliphatic hydroxyl groups is 1. The van der Waals surface area contributed by atoms with Gasteiger partial charge in [-0.25, -0.2) is 0 Å². The van der Waals surface area contributed by atoms with Crippen molar-refractivity contribution in [2.24, 2.45) is 9.98 Å². The second-order valence-corrected chi connectivity index (χ2v) is 20.7. The normalized spacial score (nSPS) is 19.5. The molecule has 2 saturated heterocycles. The number of methoxy groups -OCH3 is 1. The summed E-state index contributed by atoms with van der Waals surface area (Å²) < 4.78 is 54.0. The van der Waals surface area contributed by atoms with Crippen molar-refractivity contribution in [1.82, 2.24) is 9.80 Å². The first kappa shape index (κ1) is 44.5. The number of benzene rings is 2. The van der Waals surface area contributed by atoms with Crippen LogP contribution in [0.4, 0.5) is 11.4 Å². The third-order valence-corrected chi connectivity index (χ3v) is 17.0. The molecule has 0 aromatic heterocycles. The van der Waals surface area contributed by atoms with Gasteiger partial charge in [0.2, 0.25) is 14.7 Å². The van der Waals surface area contributed by atoms with Crippen LogP contribution in [0.5, 0.6) is 17.2 Å². The van der Waals surface area contributed by atoms with Crippen LogP contribution in [0.25, 0.3) is 0 Å². The largest absolute Gasteiger partial charge is 0.493 e. The van der Waals surface area contributed by atoms with E-state index in [-0.39, 0.29) is 62.6 Å². The Bertz CT molecular complexity index is 1730. The van der Waals surface area contributed by atoms with Crippen molar-refractivity contribution in [3.8, 4) is 17.2 Å². The molecule has 4 aliphatic heterocycles. The SMILES string of the molecule is CCOP(=O)(CCBr)CCBr.CCOP(=O)(CCOc1cc2c(cc1CO)C(=O)N1CCC[C@H]1C=N2)CCOc1cc2c(cc1OC)C(=O)N1CCC[C@H]1C=N2. The lowest BCUT2D eigenvalue weighted by atomic mass is 10.1. The van der Waals surface area contributed by atoms with E-state index in [9.17, 15) is 23.8 Å². The van der Waals surface area contributed by atoms with Crippen molar-refractivity contribution < 1.29 is 47.1 Å². The lowest BCUT2D eigenvalue weighted by Gasteiger charge is -2.21. The summed E-state index contributed by atoms with van der Waals surface area (Å²) in [4.78, 5) is 39.0. The molecule has 6 rings (SSSR count). The van der Waals surface area contributed by atoms with Gasteiger partial charge in [0.1, 0.15) is 5.75 Å². The number of hydrogen-bond donors (Lipinski definition) is 1. The van der Waals surface area contributed by atoms with Crippen molar-refractivity contribution in [1.29, 1.82) is 0 Å². The molecular weight excluding hydrogens is 894 g/mol. The number of halogens is 2. The number of aliphatic hydroxyl groups excluding tert-OH is 1. The van der Waals surface area contributed by atoms with E-state index in [2.05, 4.69) is 41.8 Å². The number of carbonyl (C=O) groups excluding carboxylic acids is 2. The highest BCUT2D eigenvalue weighted by molar-refractivity contribution is 9.09. The molecule has 1 N–H and O–H groups in total. The Morgan fingerprint density at radius 3 is 1.70 bits per heavy atom. The van der Waals surface area contributed by atoms with Crippen LogP contribution >= 0.6 is 46.6 Å². The van der Waals surface area contributed by atoms with Gasteiger partial charge in [0.15, 0.2) is 11.5 Å². The van der Waals surface area contributed by atoms with Crippen LogP contribution in [0.1, 0.15) is 65.8 Å². The predicted molar refractivity (Wildman–Crippen MR) is 226 cm³/mol. The Hall–Kier alpha value is -2.58. The van der Waals surface area contributed by atoms with E-state index in [4.69, 9.17) is 23.3 Å². The van der Waals surface area contributed by atoms with E-state index in [1.54, 1.807) is 37.4 Å². The zero-order valence-electron chi connectivity index (χ0n) is 32.2. The van der Waals surface area contributed by atoms with E-state index in [0.29, 0.717) is 77.3 Å². The molecule has 2 fully saturated rings. The molecule has 308 valence electrons. The average Bonchev–Trinajstić information content (AvgIpc) is 3.81. The van der Waals surface area contributed by atoms with Crippen molar-refractivity contribution in [3.05, 3.63) is 41.0 Å². The first-order chi connectivity index (χ1) is 27.0. The lowest BCUT2D eigenvalue weighted by molar-refractivity contribution is 0.0766. The molecule has 1 unspecified atom stereocenters. The fourth-order valence-electron chi connectivity index (χ4n) is 7.09. The van der Waals surface area contributed by atoms with E-state index in [1.165, 1.54) is 7.11 Å². The van der Waals surface area contributed by atoms with E-state index in [1.807, 2.05) is 22.9 Å². The highest BCUT2D eigenvalue weighted by Gasteiger charge is 2.34. The summed E-state index contributed by atoms with van der Waals surface area (Å²) in [7, 11) is -3.99. The number of hydrogen-bond acceptors (Lipinski definition) is 12. The van der Waals surface area contributed by atoms with Gasteiger partial charge in [0.05, 0.1) is 87.1 Å². The molecule has 0 aliphatic carbocycles. The predicted octanol–water partition coefficient (Wildman–Crippen LogP) is 7.69. The number of nitrogens with zero attached hydrogens (tertiary/aromatic N) is 4. The fraction of sp³-hybridized carbons (Fsp3) is 0.579. The minimum atomic E-state index is -3.18. The second-order valence-electron chi connectivity index (χ2n) is 13.6. The smallest absolute Gasteiger partial charge is 0.256 e. The maximum absolute atomic E-state index is 13.8. The van der Waals surface area contributed by atoms with Gasteiger partial charge < -0.3 is 38.2 Å². The van der Waals surface area contributed by atoms with Gasteiger partial charge in [0, 0.05) is 66.2 Å². The summed E-state index contributed by atoms with van der Waals surface area (Å²) in [5.41, 5.74) is 2.37. The molecule has 14 nitrogen and oxygen atoms in total. The molecule has 18 heteroatoms. The first-order valence-corrected chi connectivity index (χ1v) is 25.3. The Labute approximate surface area is 345 Å². The highest BCUT2D eigenvalue weighted by Crippen LogP contribution is 2.48. The third-order valence-electron chi connectivity index (χ3n) is 9.94. The Kier molecular flexibility index (Phi) is 16.6. The van der Waals surface area contributed by atoms with Gasteiger partial charge in [0.25, 0.3) is 11.8 Å². The summed E-state index contributed by atoms with van der Waals surface area (Å²) in [5, 5.41) is 11.5. The van der Waals surface area contributed by atoms with Crippen LogP contribution < -0.4 is 14.2 Å². The standard InChI is InChI=1S/C32H39N4O8P.C6H13Br2O2P/c1-3-44-45(40,12-10-42-28-16-26-24(14-21(28)20-37)31(38)35-8-4-6-22(35)18-33-26)13-11-43-30-17-27-25(15-29(30)41-2)32(39)36-9-5-7-23(36)19-34-27;1-2-10-11(9,5-3-7)6-4-8/h14-19,22-23,37H,3-13,20H2,1-2H3;2-6H2,1H3/t22-,23-,45?;/m0./s1. The number of aliphatic imine (C=N–C) groups is 2. The van der Waals surface area contributed by atoms with Crippen LogP contribution in [0, 0.1) is 0 Å². The Morgan fingerprint density at radius 1 is 0.732 bits per heavy atom. The van der Waals surface area contributed by atoms with Crippen molar-refractivity contribution >= 4 is 82.2 Å². The Balaban J connectivity index is 0.000000477. The summed E-state index contributed by atoms with van der Waals surface area (Å²) in [6.07, 6.45) is 8.77. The second kappa shape index (κ2) is 20.9. The van der Waals surface area contributed by atoms with Gasteiger partial charge in [-0.05, 0) is 51.7 Å². The number of alkyl halides is 2. The van der Waals surface area contributed by atoms with E-state index >= 15 is 0 Å². The first-order valence-electron chi connectivity index (χ1n) is 19.0. The summed E-state index contributed by atoms with van der Waals surface area (Å²) in [6, 6.07) is 6.61. The van der Waals surface area contributed by atoms with Crippen molar-refractivity contribution in [2.75, 3.05) is 81.9 Å². The van der Waals surface area contributed by atoms with E-state index < -0.39 is 14.7 Å². The molecule has 0 spiro atoms. The highest BCUT2D eigenvalue weighted by atomic mass is 79.9. The summed E-state index contributed by atoms with van der Waals surface area (Å²) >= 11 is 6.52. The maximum Gasteiger partial charge on any atom is 0.256 e. The number of ether oxygens (including phenoxy) is 3. The third kappa shape index (κ3) is 10.9. The summed E-state index contributed by atoms with van der Waals surface area (Å²) in [5.74, 6) is 1.000. The van der Waals surface area contributed by atoms with Gasteiger partial charge in [-0.3, -0.25) is 28.7 Å². The minimum absolute atomic E-state index is 0.00765. The van der Waals surface area contributed by atoms with Gasteiger partial charge >= 0.3 is 0 Å². The molecular formula is C38H52Br2N4O10P2. The quantitative estimate of drug-likeness (QED) is 0.116. The molecule has 2 aromatic rings.